The van der Waals surface area contributed by atoms with Crippen LogP contribution in [0, 0.1) is 18.3 Å². The molecule has 2 aromatic heterocycles. The number of aromatic nitrogens is 3. The highest BCUT2D eigenvalue weighted by atomic mass is 16.5. The lowest BCUT2D eigenvalue weighted by atomic mass is 9.71. The lowest BCUT2D eigenvalue weighted by Gasteiger charge is -2.33. The van der Waals surface area contributed by atoms with E-state index in [1.807, 2.05) is 24.7 Å². The van der Waals surface area contributed by atoms with E-state index in [-0.39, 0.29) is 17.4 Å². The summed E-state index contributed by atoms with van der Waals surface area (Å²) >= 11 is 0. The first-order valence-electron chi connectivity index (χ1n) is 9.53. The maximum Gasteiger partial charge on any atom is 0.274 e. The van der Waals surface area contributed by atoms with Gasteiger partial charge in [0.25, 0.3) is 5.91 Å². The van der Waals surface area contributed by atoms with E-state index in [1.54, 1.807) is 0 Å². The molecule has 6 nitrogen and oxygen atoms in total. The number of nitrogens with one attached hydrogen (secondary N) is 1. The third-order valence-electron chi connectivity index (χ3n) is 5.73. The Bertz CT molecular complexity index is 797. The zero-order valence-electron chi connectivity index (χ0n) is 16.7. The van der Waals surface area contributed by atoms with Gasteiger partial charge in [-0.05, 0) is 44.9 Å². The average Bonchev–Trinajstić information content (AvgIpc) is 3.16. The Kier molecular flexibility index (Phi) is 4.95. The molecule has 0 fully saturated rings. The third kappa shape index (κ3) is 3.41. The molecule has 1 aliphatic rings. The van der Waals surface area contributed by atoms with Crippen molar-refractivity contribution >= 4 is 5.91 Å². The van der Waals surface area contributed by atoms with E-state index in [0.717, 1.165) is 48.4 Å². The molecular weight excluding hydrogens is 328 g/mol. The van der Waals surface area contributed by atoms with E-state index in [2.05, 4.69) is 43.3 Å². The molecule has 0 spiro atoms. The van der Waals surface area contributed by atoms with Gasteiger partial charge in [0.05, 0.1) is 12.2 Å². The van der Waals surface area contributed by atoms with Gasteiger partial charge in [-0.2, -0.15) is 5.10 Å². The molecule has 26 heavy (non-hydrogen) atoms. The van der Waals surface area contributed by atoms with Crippen molar-refractivity contribution in [2.45, 2.75) is 73.4 Å². The van der Waals surface area contributed by atoms with Gasteiger partial charge in [-0.3, -0.25) is 9.48 Å². The van der Waals surface area contributed by atoms with Crippen LogP contribution in [0.15, 0.2) is 10.7 Å². The summed E-state index contributed by atoms with van der Waals surface area (Å²) < 4.78 is 7.41. The second kappa shape index (κ2) is 6.89. The van der Waals surface area contributed by atoms with E-state index in [1.165, 1.54) is 0 Å². The van der Waals surface area contributed by atoms with Crippen molar-refractivity contribution in [3.05, 3.63) is 34.5 Å². The van der Waals surface area contributed by atoms with Gasteiger partial charge in [-0.1, -0.05) is 25.9 Å². The minimum Gasteiger partial charge on any atom is -0.360 e. The smallest absolute Gasteiger partial charge is 0.274 e. The van der Waals surface area contributed by atoms with E-state index < -0.39 is 0 Å². The topological polar surface area (TPSA) is 73.0 Å². The lowest BCUT2D eigenvalue weighted by molar-refractivity contribution is 0.0929. The quantitative estimate of drug-likeness (QED) is 0.901. The molecule has 2 heterocycles. The lowest BCUT2D eigenvalue weighted by Crippen LogP contribution is -2.30. The first-order chi connectivity index (χ1) is 12.2. The number of rotatable bonds is 4. The number of fused-ring (bicyclic) bond motifs is 1. The monoisotopic (exact) mass is 358 g/mol. The summed E-state index contributed by atoms with van der Waals surface area (Å²) in [5.74, 6) is 1.24. The van der Waals surface area contributed by atoms with Crippen LogP contribution in [0.1, 0.15) is 80.2 Å². The molecule has 142 valence electrons. The van der Waals surface area contributed by atoms with E-state index in [4.69, 9.17) is 4.52 Å². The number of hydrogen-bond acceptors (Lipinski definition) is 4. The molecule has 1 N–H and O–H groups in total. The fourth-order valence-electron chi connectivity index (χ4n) is 3.87. The van der Waals surface area contributed by atoms with Crippen molar-refractivity contribution in [1.29, 1.82) is 0 Å². The van der Waals surface area contributed by atoms with Gasteiger partial charge in [-0.25, -0.2) is 0 Å². The molecule has 0 aromatic carbocycles. The molecule has 2 atom stereocenters. The Morgan fingerprint density at radius 1 is 1.46 bits per heavy atom. The molecule has 3 rings (SSSR count). The molecule has 1 aliphatic carbocycles. The maximum absolute atomic E-state index is 12.8. The molecule has 6 heteroatoms. The standard InChI is InChI=1S/C20H30N4O2/c1-7-24-13(3)16(11-21-24)12(2)22-19(25)18-15-10-14(20(4,5)6)8-9-17(15)26-23-18/h11-12,14H,7-10H2,1-6H3,(H,22,25). The maximum atomic E-state index is 12.8. The summed E-state index contributed by atoms with van der Waals surface area (Å²) in [5.41, 5.74) is 3.76. The number of carbonyl (C=O) groups is 1. The van der Waals surface area contributed by atoms with Crippen LogP contribution in [0.3, 0.4) is 0 Å². The molecule has 0 bridgehead atoms. The van der Waals surface area contributed by atoms with Crippen molar-refractivity contribution in [1.82, 2.24) is 20.3 Å². The van der Waals surface area contributed by atoms with Crippen LogP contribution in [0.25, 0.3) is 0 Å². The van der Waals surface area contributed by atoms with Gasteiger partial charge >= 0.3 is 0 Å². The fraction of sp³-hybridized carbons (Fsp3) is 0.650. The molecule has 1 amide bonds. The molecular formula is C20H30N4O2. The Hall–Kier alpha value is -2.11. The van der Waals surface area contributed by atoms with E-state index in [0.29, 0.717) is 11.6 Å². The normalized spacial score (nSPS) is 18.5. The van der Waals surface area contributed by atoms with Crippen molar-refractivity contribution < 1.29 is 9.32 Å². The summed E-state index contributed by atoms with van der Waals surface area (Å²) in [6.45, 7) is 13.6. The number of hydrogen-bond donors (Lipinski definition) is 1. The summed E-state index contributed by atoms with van der Waals surface area (Å²) in [5, 5.41) is 11.5. The summed E-state index contributed by atoms with van der Waals surface area (Å²) in [6.07, 6.45) is 4.62. The molecule has 0 aliphatic heterocycles. The predicted octanol–water partition coefficient (Wildman–Crippen LogP) is 3.84. The van der Waals surface area contributed by atoms with Crippen molar-refractivity contribution in [2.24, 2.45) is 11.3 Å². The summed E-state index contributed by atoms with van der Waals surface area (Å²) in [7, 11) is 0. The highest BCUT2D eigenvalue weighted by molar-refractivity contribution is 5.94. The third-order valence-corrected chi connectivity index (χ3v) is 5.73. The average molecular weight is 358 g/mol. The molecule has 0 radical (unpaired) electrons. The van der Waals surface area contributed by atoms with Gasteiger partial charge in [0.1, 0.15) is 5.76 Å². The van der Waals surface area contributed by atoms with Crippen LogP contribution in [0.5, 0.6) is 0 Å². The number of amides is 1. The second-order valence-corrected chi connectivity index (χ2v) is 8.43. The highest BCUT2D eigenvalue weighted by Gasteiger charge is 2.34. The van der Waals surface area contributed by atoms with Crippen LogP contribution in [0.2, 0.25) is 0 Å². The van der Waals surface area contributed by atoms with Crippen LogP contribution < -0.4 is 5.32 Å². The van der Waals surface area contributed by atoms with Crippen LogP contribution >= 0.6 is 0 Å². The minimum absolute atomic E-state index is 0.128. The molecule has 0 saturated carbocycles. The van der Waals surface area contributed by atoms with Crippen molar-refractivity contribution in [3.8, 4) is 0 Å². The highest BCUT2D eigenvalue weighted by Crippen LogP contribution is 2.38. The largest absolute Gasteiger partial charge is 0.360 e. The van der Waals surface area contributed by atoms with Crippen LogP contribution in [-0.2, 0) is 19.4 Å². The number of aryl methyl sites for hydroxylation is 2. The van der Waals surface area contributed by atoms with E-state index in [9.17, 15) is 4.79 Å². The molecule has 0 saturated heterocycles. The van der Waals surface area contributed by atoms with Crippen LogP contribution in [-0.4, -0.2) is 20.8 Å². The van der Waals surface area contributed by atoms with Gasteiger partial charge in [0.2, 0.25) is 0 Å². The van der Waals surface area contributed by atoms with Gasteiger partial charge in [-0.15, -0.1) is 0 Å². The first kappa shape index (κ1) is 18.7. The van der Waals surface area contributed by atoms with Gasteiger partial charge in [0, 0.05) is 29.8 Å². The second-order valence-electron chi connectivity index (χ2n) is 8.43. The zero-order valence-corrected chi connectivity index (χ0v) is 16.7. The molecule has 2 unspecified atom stereocenters. The minimum atomic E-state index is -0.166. The SMILES string of the molecule is CCn1ncc(C(C)NC(=O)c2noc3c2CC(C(C)(C)C)CC3)c1C. The van der Waals surface area contributed by atoms with Crippen molar-refractivity contribution in [3.63, 3.8) is 0 Å². The first-order valence-corrected chi connectivity index (χ1v) is 9.53. The van der Waals surface area contributed by atoms with Gasteiger partial charge < -0.3 is 9.84 Å². The van der Waals surface area contributed by atoms with Crippen LogP contribution in [0.4, 0.5) is 0 Å². The number of nitrogens with zero attached hydrogens (tertiary/aromatic N) is 3. The Morgan fingerprint density at radius 2 is 2.19 bits per heavy atom. The predicted molar refractivity (Wildman–Crippen MR) is 100.0 cm³/mol. The Labute approximate surface area is 155 Å². The van der Waals surface area contributed by atoms with Gasteiger partial charge in [0.15, 0.2) is 5.69 Å². The van der Waals surface area contributed by atoms with E-state index >= 15 is 0 Å². The summed E-state index contributed by atoms with van der Waals surface area (Å²) in [6, 6.07) is -0.128. The molecule has 2 aromatic rings. The zero-order chi connectivity index (χ0) is 19.1. The fourth-order valence-corrected chi connectivity index (χ4v) is 3.87. The Balaban J connectivity index is 1.77. The summed E-state index contributed by atoms with van der Waals surface area (Å²) in [4.78, 5) is 12.8. The Morgan fingerprint density at radius 3 is 2.81 bits per heavy atom. The number of carbonyl (C=O) groups excluding carboxylic acids is 1. The van der Waals surface area contributed by atoms with Crippen molar-refractivity contribution in [2.75, 3.05) is 0 Å².